The Bertz CT molecular complexity index is 421. The molecule has 2 heteroatoms. The molecule has 0 aliphatic rings. The topological polar surface area (TPSA) is 20.3 Å². The first-order valence-electron chi connectivity index (χ1n) is 5.18. The Hall–Kier alpha value is -1.75. The summed E-state index contributed by atoms with van der Waals surface area (Å²) < 4.78 is 0. The zero-order valence-corrected chi connectivity index (χ0v) is 10.2. The Kier molecular flexibility index (Phi) is 3.39. The van der Waals surface area contributed by atoms with E-state index in [2.05, 4.69) is 5.92 Å². The van der Waals surface area contributed by atoms with E-state index in [-0.39, 0.29) is 11.3 Å². The van der Waals surface area contributed by atoms with Crippen molar-refractivity contribution in [3.63, 3.8) is 0 Å². The van der Waals surface area contributed by atoms with Crippen molar-refractivity contribution in [3.8, 4) is 12.3 Å². The first-order chi connectivity index (χ1) is 7.38. The van der Waals surface area contributed by atoms with Crippen LogP contribution in [0.25, 0.3) is 0 Å². The normalized spacial score (nSPS) is 10.7. The Morgan fingerprint density at radius 1 is 1.25 bits per heavy atom. The summed E-state index contributed by atoms with van der Waals surface area (Å²) in [6.07, 6.45) is 5.46. The van der Waals surface area contributed by atoms with Gasteiger partial charge < -0.3 is 4.90 Å². The van der Waals surface area contributed by atoms with Crippen LogP contribution in [0.2, 0.25) is 0 Å². The zero-order valence-electron chi connectivity index (χ0n) is 10.2. The summed E-state index contributed by atoms with van der Waals surface area (Å²) in [6, 6.07) is 7.46. The van der Waals surface area contributed by atoms with Gasteiger partial charge in [0.15, 0.2) is 0 Å². The van der Waals surface area contributed by atoms with Gasteiger partial charge in [-0.3, -0.25) is 4.79 Å². The Morgan fingerprint density at radius 2 is 1.75 bits per heavy atom. The van der Waals surface area contributed by atoms with E-state index in [9.17, 15) is 4.79 Å². The van der Waals surface area contributed by atoms with Crippen LogP contribution < -0.4 is 0 Å². The fourth-order valence-corrected chi connectivity index (χ4v) is 1.37. The molecule has 0 aliphatic carbocycles. The van der Waals surface area contributed by atoms with Gasteiger partial charge in [-0.25, -0.2) is 0 Å². The van der Waals surface area contributed by atoms with Gasteiger partial charge in [0.1, 0.15) is 0 Å². The lowest BCUT2D eigenvalue weighted by Gasteiger charge is -2.18. The van der Waals surface area contributed by atoms with Gasteiger partial charge in [-0.2, -0.15) is 0 Å². The Morgan fingerprint density at radius 3 is 2.12 bits per heavy atom. The minimum absolute atomic E-state index is 0.00469. The number of carbonyl (C=O) groups is 1. The lowest BCUT2D eigenvalue weighted by molar-refractivity contribution is 0.0827. The third-order valence-corrected chi connectivity index (χ3v) is 2.62. The Labute approximate surface area is 97.3 Å². The van der Waals surface area contributed by atoms with Gasteiger partial charge in [-0.05, 0) is 31.5 Å². The molecule has 1 amide bonds. The van der Waals surface area contributed by atoms with E-state index in [1.54, 1.807) is 19.0 Å². The third-order valence-electron chi connectivity index (χ3n) is 2.62. The fourth-order valence-electron chi connectivity index (χ4n) is 1.37. The van der Waals surface area contributed by atoms with Gasteiger partial charge in [-0.1, -0.05) is 18.1 Å². The van der Waals surface area contributed by atoms with Gasteiger partial charge in [0.2, 0.25) is 0 Å². The summed E-state index contributed by atoms with van der Waals surface area (Å²) in [7, 11) is 3.48. The number of benzene rings is 1. The maximum absolute atomic E-state index is 11.7. The fraction of sp³-hybridized carbons (Fsp3) is 0.357. The molecule has 0 atom stereocenters. The van der Waals surface area contributed by atoms with E-state index in [0.29, 0.717) is 5.56 Å². The third kappa shape index (κ3) is 2.43. The number of hydrogen-bond acceptors (Lipinski definition) is 1. The molecule has 0 saturated carbocycles. The highest BCUT2D eigenvalue weighted by molar-refractivity contribution is 5.93. The van der Waals surface area contributed by atoms with E-state index < -0.39 is 0 Å². The molecule has 84 valence electrons. The predicted molar refractivity (Wildman–Crippen MR) is 66.3 cm³/mol. The highest BCUT2D eigenvalue weighted by Gasteiger charge is 2.17. The van der Waals surface area contributed by atoms with Crippen molar-refractivity contribution in [2.75, 3.05) is 14.1 Å². The standard InChI is InChI=1S/C14H17NO/c1-6-14(2,3)12-9-7-11(8-10-12)13(16)15(4)5/h1,7-10H,2-5H3. The molecule has 16 heavy (non-hydrogen) atoms. The van der Waals surface area contributed by atoms with Crippen LogP contribution in [0.15, 0.2) is 24.3 Å². The van der Waals surface area contributed by atoms with Gasteiger partial charge >= 0.3 is 0 Å². The average Bonchev–Trinajstić information content (AvgIpc) is 2.28. The predicted octanol–water partition coefficient (Wildman–Crippen LogP) is 2.30. The lowest BCUT2D eigenvalue weighted by atomic mass is 9.85. The van der Waals surface area contributed by atoms with E-state index in [4.69, 9.17) is 6.42 Å². The lowest BCUT2D eigenvalue weighted by Crippen LogP contribution is -2.22. The van der Waals surface area contributed by atoms with Crippen LogP contribution in [-0.4, -0.2) is 24.9 Å². The van der Waals surface area contributed by atoms with Crippen molar-refractivity contribution in [1.82, 2.24) is 4.90 Å². The van der Waals surface area contributed by atoms with Crippen molar-refractivity contribution < 1.29 is 4.79 Å². The van der Waals surface area contributed by atoms with Crippen LogP contribution in [0.1, 0.15) is 29.8 Å². The number of amides is 1. The van der Waals surface area contributed by atoms with E-state index in [0.717, 1.165) is 5.56 Å². The van der Waals surface area contributed by atoms with Crippen LogP contribution in [0, 0.1) is 12.3 Å². The highest BCUT2D eigenvalue weighted by Crippen LogP contribution is 2.22. The van der Waals surface area contributed by atoms with Crippen molar-refractivity contribution in [3.05, 3.63) is 35.4 Å². The molecular formula is C14H17NO. The quantitative estimate of drug-likeness (QED) is 0.693. The molecule has 0 fully saturated rings. The molecule has 1 aromatic rings. The van der Waals surface area contributed by atoms with Crippen LogP contribution in [0.4, 0.5) is 0 Å². The summed E-state index contributed by atoms with van der Waals surface area (Å²) in [5.74, 6) is 2.74. The minimum atomic E-state index is -0.292. The maximum atomic E-state index is 11.7. The van der Waals surface area contributed by atoms with Crippen molar-refractivity contribution in [2.24, 2.45) is 0 Å². The van der Waals surface area contributed by atoms with Gasteiger partial charge in [0.25, 0.3) is 5.91 Å². The smallest absolute Gasteiger partial charge is 0.253 e. The number of hydrogen-bond donors (Lipinski definition) is 0. The molecule has 0 aliphatic heterocycles. The second-order valence-electron chi connectivity index (χ2n) is 4.55. The first kappa shape index (κ1) is 12.3. The molecule has 0 N–H and O–H groups in total. The maximum Gasteiger partial charge on any atom is 0.253 e. The van der Waals surface area contributed by atoms with Crippen LogP contribution in [0.3, 0.4) is 0 Å². The van der Waals surface area contributed by atoms with Crippen LogP contribution in [-0.2, 0) is 5.41 Å². The molecular weight excluding hydrogens is 198 g/mol. The number of nitrogens with zero attached hydrogens (tertiary/aromatic N) is 1. The van der Waals surface area contributed by atoms with Crippen LogP contribution in [0.5, 0.6) is 0 Å². The van der Waals surface area contributed by atoms with Crippen molar-refractivity contribution >= 4 is 5.91 Å². The minimum Gasteiger partial charge on any atom is -0.345 e. The van der Waals surface area contributed by atoms with E-state index >= 15 is 0 Å². The van der Waals surface area contributed by atoms with Gasteiger partial charge in [0, 0.05) is 19.7 Å². The summed E-state index contributed by atoms with van der Waals surface area (Å²) in [6.45, 7) is 3.96. The van der Waals surface area contributed by atoms with Crippen LogP contribution >= 0.6 is 0 Å². The second kappa shape index (κ2) is 4.40. The average molecular weight is 215 g/mol. The molecule has 0 bridgehead atoms. The molecule has 0 aromatic heterocycles. The number of terminal acetylenes is 1. The number of carbonyl (C=O) groups excluding carboxylic acids is 1. The largest absolute Gasteiger partial charge is 0.345 e. The first-order valence-corrected chi connectivity index (χ1v) is 5.18. The second-order valence-corrected chi connectivity index (χ2v) is 4.55. The van der Waals surface area contributed by atoms with Gasteiger partial charge in [0.05, 0.1) is 5.41 Å². The SMILES string of the molecule is C#CC(C)(C)c1ccc(C(=O)N(C)C)cc1. The van der Waals surface area contributed by atoms with E-state index in [1.807, 2.05) is 38.1 Å². The molecule has 0 saturated heterocycles. The molecule has 1 rings (SSSR count). The monoisotopic (exact) mass is 215 g/mol. The highest BCUT2D eigenvalue weighted by atomic mass is 16.2. The summed E-state index contributed by atoms with van der Waals surface area (Å²) >= 11 is 0. The summed E-state index contributed by atoms with van der Waals surface area (Å²) in [5, 5.41) is 0. The van der Waals surface area contributed by atoms with Crippen molar-refractivity contribution in [2.45, 2.75) is 19.3 Å². The van der Waals surface area contributed by atoms with Gasteiger partial charge in [-0.15, -0.1) is 6.42 Å². The Balaban J connectivity index is 3.02. The molecule has 0 spiro atoms. The summed E-state index contributed by atoms with van der Waals surface area (Å²) in [4.78, 5) is 13.2. The molecule has 0 heterocycles. The van der Waals surface area contributed by atoms with E-state index in [1.165, 1.54) is 0 Å². The molecule has 0 unspecified atom stereocenters. The summed E-state index contributed by atoms with van der Waals surface area (Å²) in [5.41, 5.74) is 1.44. The van der Waals surface area contributed by atoms with Crippen molar-refractivity contribution in [1.29, 1.82) is 0 Å². The number of rotatable bonds is 2. The molecule has 1 aromatic carbocycles. The molecule has 0 radical (unpaired) electrons. The zero-order chi connectivity index (χ0) is 12.3. The molecule has 2 nitrogen and oxygen atoms in total.